The van der Waals surface area contributed by atoms with Crippen molar-refractivity contribution in [1.82, 2.24) is 21.9 Å². The molecule has 1 heterocycles. The van der Waals surface area contributed by atoms with Gasteiger partial charge in [-0.3, -0.25) is 0 Å². The lowest BCUT2D eigenvalue weighted by Gasteiger charge is -2.30. The number of benzene rings is 2. The van der Waals surface area contributed by atoms with E-state index in [0.717, 1.165) is 49.0 Å². The van der Waals surface area contributed by atoms with E-state index >= 15 is 0 Å². The first-order valence-corrected chi connectivity index (χ1v) is 10.7. The van der Waals surface area contributed by atoms with Gasteiger partial charge in [0, 0.05) is 11.6 Å². The third-order valence-corrected chi connectivity index (χ3v) is 5.71. The maximum atomic E-state index is 13.2. The van der Waals surface area contributed by atoms with E-state index in [1.165, 1.54) is 12.1 Å². The molecule has 0 unspecified atom stereocenters. The molecule has 1 aliphatic rings. The molecule has 0 spiro atoms. The molecule has 2 aromatic rings. The topological polar surface area (TPSA) is 77.6 Å². The average molecular weight is 417 g/mol. The summed E-state index contributed by atoms with van der Waals surface area (Å²) in [6, 6.07) is 9.77. The summed E-state index contributed by atoms with van der Waals surface area (Å²) in [5.74, 6) is 0.577. The lowest BCUT2D eigenvalue weighted by atomic mass is 9.84. The number of hydrogen-bond donors (Lipinski definition) is 5. The van der Waals surface area contributed by atoms with Gasteiger partial charge in [0.25, 0.3) is 0 Å². The van der Waals surface area contributed by atoms with Gasteiger partial charge in [-0.25, -0.2) is 15.2 Å². The predicted molar refractivity (Wildman–Crippen MR) is 117 cm³/mol. The molecule has 7 heteroatoms. The Kier molecular flexibility index (Phi) is 7.66. The minimum absolute atomic E-state index is 0.120. The van der Waals surface area contributed by atoms with Crippen LogP contribution in [0.5, 0.6) is 11.5 Å². The van der Waals surface area contributed by atoms with Crippen molar-refractivity contribution in [2.45, 2.75) is 59.0 Å². The first kappa shape index (κ1) is 22.5. The zero-order chi connectivity index (χ0) is 21.6. The number of hydrazine groups is 3. The van der Waals surface area contributed by atoms with Gasteiger partial charge in [-0.1, -0.05) is 45.7 Å². The van der Waals surface area contributed by atoms with Gasteiger partial charge < -0.3 is 9.84 Å². The first-order chi connectivity index (χ1) is 14.4. The minimum Gasteiger partial charge on any atom is -0.507 e. The van der Waals surface area contributed by atoms with E-state index in [1.54, 1.807) is 18.2 Å². The third kappa shape index (κ3) is 5.70. The molecule has 0 bridgehead atoms. The molecule has 6 nitrogen and oxygen atoms in total. The van der Waals surface area contributed by atoms with E-state index in [0.29, 0.717) is 12.2 Å². The Labute approximate surface area is 178 Å². The van der Waals surface area contributed by atoms with Gasteiger partial charge in [-0.2, -0.15) is 11.1 Å². The highest BCUT2D eigenvalue weighted by Crippen LogP contribution is 2.36. The monoisotopic (exact) mass is 416 g/mol. The second-order valence-corrected chi connectivity index (χ2v) is 8.46. The van der Waals surface area contributed by atoms with Crippen molar-refractivity contribution in [3.05, 3.63) is 47.8 Å². The third-order valence-electron chi connectivity index (χ3n) is 5.71. The number of halogens is 1. The minimum atomic E-state index is -0.290. The highest BCUT2D eigenvalue weighted by atomic mass is 19.1. The average Bonchev–Trinajstić information content (AvgIpc) is 3.27. The zero-order valence-corrected chi connectivity index (χ0v) is 18.0. The predicted octanol–water partition coefficient (Wildman–Crippen LogP) is 4.17. The Morgan fingerprint density at radius 1 is 1.03 bits per heavy atom. The van der Waals surface area contributed by atoms with Crippen LogP contribution in [0.15, 0.2) is 36.4 Å². The second-order valence-electron chi connectivity index (χ2n) is 8.46. The molecule has 1 saturated heterocycles. The SMILES string of the molecule is CCc1cc(-c2ccc(F)cc2)c(O)cc1OCCCCCC(C)(C)C1NNNN1. The van der Waals surface area contributed by atoms with Crippen molar-refractivity contribution in [3.63, 3.8) is 0 Å². The van der Waals surface area contributed by atoms with Crippen LogP contribution in [0.3, 0.4) is 0 Å². The van der Waals surface area contributed by atoms with Crippen LogP contribution >= 0.6 is 0 Å². The van der Waals surface area contributed by atoms with Gasteiger partial charge >= 0.3 is 0 Å². The van der Waals surface area contributed by atoms with Crippen LogP contribution in [-0.2, 0) is 6.42 Å². The number of aromatic hydroxyl groups is 1. The quantitative estimate of drug-likeness (QED) is 0.374. The Morgan fingerprint density at radius 2 is 1.73 bits per heavy atom. The summed E-state index contributed by atoms with van der Waals surface area (Å²) in [4.78, 5) is 0. The number of rotatable bonds is 10. The van der Waals surface area contributed by atoms with Gasteiger partial charge in [0.1, 0.15) is 17.3 Å². The molecule has 0 saturated carbocycles. The first-order valence-electron chi connectivity index (χ1n) is 10.7. The van der Waals surface area contributed by atoms with Gasteiger partial charge in [0.15, 0.2) is 0 Å². The fraction of sp³-hybridized carbons (Fsp3) is 0.478. The lowest BCUT2D eigenvalue weighted by molar-refractivity contribution is 0.205. The van der Waals surface area contributed by atoms with Crippen LogP contribution in [0.4, 0.5) is 4.39 Å². The van der Waals surface area contributed by atoms with Crippen molar-refractivity contribution in [1.29, 1.82) is 0 Å². The molecule has 164 valence electrons. The van der Waals surface area contributed by atoms with Crippen LogP contribution in [0.1, 0.15) is 52.0 Å². The largest absolute Gasteiger partial charge is 0.507 e. The van der Waals surface area contributed by atoms with Crippen molar-refractivity contribution < 1.29 is 14.2 Å². The molecule has 5 N–H and O–H groups in total. The molecule has 1 aliphatic heterocycles. The zero-order valence-electron chi connectivity index (χ0n) is 18.0. The number of unbranched alkanes of at least 4 members (excludes halogenated alkanes) is 2. The standard InChI is InChI=1S/C23H33FN4O2/c1-4-16-14-19(17-8-10-18(24)11-9-17)20(29)15-21(16)30-13-7-5-6-12-23(2,3)22-25-27-28-26-22/h8-11,14-15,22,25-29H,4-7,12-13H2,1-3H3. The Balaban J connectivity index is 1.50. The number of phenols is 1. The second kappa shape index (κ2) is 10.2. The summed E-state index contributed by atoms with van der Waals surface area (Å²) >= 11 is 0. The Morgan fingerprint density at radius 3 is 2.40 bits per heavy atom. The molecule has 0 atom stereocenters. The molecule has 0 amide bonds. The molecule has 30 heavy (non-hydrogen) atoms. The number of hydrogen-bond acceptors (Lipinski definition) is 6. The lowest BCUT2D eigenvalue weighted by Crippen LogP contribution is -2.46. The van der Waals surface area contributed by atoms with Crippen molar-refractivity contribution >= 4 is 0 Å². The maximum Gasteiger partial charge on any atom is 0.127 e. The van der Waals surface area contributed by atoms with E-state index in [1.807, 2.05) is 6.07 Å². The summed E-state index contributed by atoms with van der Waals surface area (Å²) in [6.07, 6.45) is 5.23. The summed E-state index contributed by atoms with van der Waals surface area (Å²) in [6.45, 7) is 7.15. The van der Waals surface area contributed by atoms with E-state index in [-0.39, 0.29) is 23.1 Å². The molecule has 0 aliphatic carbocycles. The molecule has 0 aromatic heterocycles. The van der Waals surface area contributed by atoms with Gasteiger partial charge in [0.05, 0.1) is 12.8 Å². The van der Waals surface area contributed by atoms with Crippen molar-refractivity contribution in [2.24, 2.45) is 5.41 Å². The summed E-state index contributed by atoms with van der Waals surface area (Å²) in [7, 11) is 0. The van der Waals surface area contributed by atoms with Crippen molar-refractivity contribution in [2.75, 3.05) is 6.61 Å². The highest BCUT2D eigenvalue weighted by Gasteiger charge is 2.30. The van der Waals surface area contributed by atoms with Crippen LogP contribution in [0.25, 0.3) is 11.1 Å². The maximum absolute atomic E-state index is 13.2. The van der Waals surface area contributed by atoms with Crippen LogP contribution in [0, 0.1) is 11.2 Å². The van der Waals surface area contributed by atoms with Crippen molar-refractivity contribution in [3.8, 4) is 22.6 Å². The molecule has 2 aromatic carbocycles. The summed E-state index contributed by atoms with van der Waals surface area (Å²) in [5, 5.41) is 10.5. The fourth-order valence-corrected chi connectivity index (χ4v) is 3.71. The highest BCUT2D eigenvalue weighted by molar-refractivity contribution is 5.72. The van der Waals surface area contributed by atoms with Crippen LogP contribution < -0.4 is 26.7 Å². The Hall–Kier alpha value is -2.19. The molecule has 3 rings (SSSR count). The number of aryl methyl sites for hydroxylation is 1. The van der Waals surface area contributed by atoms with E-state index in [2.05, 4.69) is 42.7 Å². The Bertz CT molecular complexity index is 821. The van der Waals surface area contributed by atoms with Gasteiger partial charge in [-0.05, 0) is 54.0 Å². The normalized spacial score (nSPS) is 14.9. The number of ether oxygens (including phenoxy) is 1. The molecular weight excluding hydrogens is 383 g/mol. The van der Waals surface area contributed by atoms with Crippen LogP contribution in [-0.4, -0.2) is 17.9 Å². The number of phenolic OH excluding ortho intramolecular Hbond substituents is 1. The summed E-state index contributed by atoms with van der Waals surface area (Å²) < 4.78 is 19.2. The van der Waals surface area contributed by atoms with E-state index in [4.69, 9.17) is 4.74 Å². The molecule has 1 fully saturated rings. The number of nitrogens with one attached hydrogen (secondary N) is 4. The van der Waals surface area contributed by atoms with E-state index < -0.39 is 0 Å². The van der Waals surface area contributed by atoms with Crippen LogP contribution in [0.2, 0.25) is 0 Å². The fourth-order valence-electron chi connectivity index (χ4n) is 3.71. The summed E-state index contributed by atoms with van der Waals surface area (Å²) in [5.41, 5.74) is 14.7. The molecular formula is C23H33FN4O2. The van der Waals surface area contributed by atoms with Gasteiger partial charge in [-0.15, -0.1) is 0 Å². The smallest absolute Gasteiger partial charge is 0.127 e. The van der Waals surface area contributed by atoms with Gasteiger partial charge in [0.2, 0.25) is 0 Å². The molecule has 0 radical (unpaired) electrons. The van der Waals surface area contributed by atoms with E-state index in [9.17, 15) is 9.50 Å².